The molecule has 0 aliphatic carbocycles. The van der Waals surface area contributed by atoms with E-state index in [4.69, 9.17) is 4.74 Å². The molecule has 6 heteroatoms. The minimum Gasteiger partial charge on any atom is -0.444 e. The molecule has 2 amide bonds. The van der Waals surface area contributed by atoms with Crippen molar-refractivity contribution in [3.05, 3.63) is 24.3 Å². The number of carbonyl (C=O) groups is 2. The van der Waals surface area contributed by atoms with E-state index in [-0.39, 0.29) is 18.4 Å². The van der Waals surface area contributed by atoms with Gasteiger partial charge in [-0.2, -0.15) is 0 Å². The van der Waals surface area contributed by atoms with Crippen molar-refractivity contribution in [2.45, 2.75) is 58.6 Å². The number of benzene rings is 1. The smallest absolute Gasteiger partial charge is 0.407 e. The Morgan fingerprint density at radius 1 is 1.24 bits per heavy atom. The van der Waals surface area contributed by atoms with Crippen LogP contribution in [0.4, 0.5) is 16.2 Å². The summed E-state index contributed by atoms with van der Waals surface area (Å²) in [5.74, 6) is -0.137. The van der Waals surface area contributed by atoms with E-state index in [1.807, 2.05) is 18.2 Å². The summed E-state index contributed by atoms with van der Waals surface area (Å²) in [5.41, 5.74) is 1.36. The van der Waals surface area contributed by atoms with Gasteiger partial charge >= 0.3 is 6.09 Å². The van der Waals surface area contributed by atoms with Crippen molar-refractivity contribution >= 4 is 23.4 Å². The highest BCUT2D eigenvalue weighted by Gasteiger charge is 2.19. The van der Waals surface area contributed by atoms with Gasteiger partial charge in [-0.05, 0) is 58.7 Å². The summed E-state index contributed by atoms with van der Waals surface area (Å²) in [4.78, 5) is 26.3. The van der Waals surface area contributed by atoms with Gasteiger partial charge in [-0.1, -0.05) is 6.07 Å². The molecule has 6 nitrogen and oxygen atoms in total. The highest BCUT2D eigenvalue weighted by molar-refractivity contribution is 5.91. The van der Waals surface area contributed by atoms with E-state index in [1.54, 1.807) is 27.7 Å². The van der Waals surface area contributed by atoms with Crippen molar-refractivity contribution in [2.75, 3.05) is 23.3 Å². The zero-order valence-corrected chi connectivity index (χ0v) is 15.6. The second kappa shape index (κ2) is 8.23. The predicted octanol–water partition coefficient (Wildman–Crippen LogP) is 3.53. The van der Waals surface area contributed by atoms with Crippen LogP contribution >= 0.6 is 0 Å². The van der Waals surface area contributed by atoms with Crippen LogP contribution in [-0.2, 0) is 9.53 Å². The molecule has 2 rings (SSSR count). The Bertz CT molecular complexity index is 604. The molecule has 0 bridgehead atoms. The SMILES string of the molecule is C[C@@H](CC(=O)Nc1cccc(N2CCCC2)c1)NC(=O)OC(C)(C)C. The van der Waals surface area contributed by atoms with E-state index < -0.39 is 11.7 Å². The van der Waals surface area contributed by atoms with Crippen LogP contribution in [0.3, 0.4) is 0 Å². The van der Waals surface area contributed by atoms with Gasteiger partial charge in [0.2, 0.25) is 5.91 Å². The largest absolute Gasteiger partial charge is 0.444 e. The van der Waals surface area contributed by atoms with Crippen molar-refractivity contribution in [3.63, 3.8) is 0 Å². The summed E-state index contributed by atoms with van der Waals surface area (Å²) < 4.78 is 5.19. The molecule has 25 heavy (non-hydrogen) atoms. The van der Waals surface area contributed by atoms with E-state index >= 15 is 0 Å². The van der Waals surface area contributed by atoms with Gasteiger partial charge in [0, 0.05) is 36.9 Å². The Balaban J connectivity index is 1.83. The number of anilines is 2. The fourth-order valence-corrected chi connectivity index (χ4v) is 2.81. The molecule has 1 aliphatic rings. The zero-order chi connectivity index (χ0) is 18.4. The Labute approximate surface area is 149 Å². The molecule has 1 aromatic carbocycles. The van der Waals surface area contributed by atoms with Crippen LogP contribution in [-0.4, -0.2) is 36.7 Å². The van der Waals surface area contributed by atoms with Gasteiger partial charge in [0.15, 0.2) is 0 Å². The molecule has 2 N–H and O–H groups in total. The molecule has 138 valence electrons. The lowest BCUT2D eigenvalue weighted by Crippen LogP contribution is -2.39. The van der Waals surface area contributed by atoms with Gasteiger partial charge in [0.25, 0.3) is 0 Å². The van der Waals surface area contributed by atoms with E-state index in [1.165, 1.54) is 12.8 Å². The summed E-state index contributed by atoms with van der Waals surface area (Å²) in [7, 11) is 0. The highest BCUT2D eigenvalue weighted by Crippen LogP contribution is 2.23. The monoisotopic (exact) mass is 347 g/mol. The lowest BCUT2D eigenvalue weighted by molar-refractivity contribution is -0.116. The van der Waals surface area contributed by atoms with Gasteiger partial charge in [0.05, 0.1) is 0 Å². The lowest BCUT2D eigenvalue weighted by atomic mass is 10.2. The predicted molar refractivity (Wildman–Crippen MR) is 100.0 cm³/mol. The van der Waals surface area contributed by atoms with E-state index in [0.29, 0.717) is 0 Å². The molecule has 1 fully saturated rings. The standard InChI is InChI=1S/C19H29N3O3/c1-14(20-18(24)25-19(2,3)4)12-17(23)21-15-8-7-9-16(13-15)22-10-5-6-11-22/h7-9,13-14H,5-6,10-12H2,1-4H3,(H,20,24)(H,21,23)/t14-/m0/s1. The first-order valence-electron chi connectivity index (χ1n) is 8.87. The Kier molecular flexibility index (Phi) is 6.28. The fraction of sp³-hybridized carbons (Fsp3) is 0.579. The van der Waals surface area contributed by atoms with Crippen LogP contribution in [0.15, 0.2) is 24.3 Å². The molecule has 0 unspecified atom stereocenters. The normalized spacial score (nSPS) is 15.6. The van der Waals surface area contributed by atoms with E-state index in [0.717, 1.165) is 24.5 Å². The van der Waals surface area contributed by atoms with Crippen LogP contribution < -0.4 is 15.5 Å². The second-order valence-corrected chi connectivity index (χ2v) is 7.54. The number of rotatable bonds is 5. The Morgan fingerprint density at radius 3 is 2.56 bits per heavy atom. The maximum absolute atomic E-state index is 12.2. The molecule has 0 radical (unpaired) electrons. The maximum Gasteiger partial charge on any atom is 0.407 e. The van der Waals surface area contributed by atoms with Gasteiger partial charge in [0.1, 0.15) is 5.60 Å². The molecular weight excluding hydrogens is 318 g/mol. The third kappa shape index (κ3) is 6.64. The fourth-order valence-electron chi connectivity index (χ4n) is 2.81. The van der Waals surface area contributed by atoms with Crippen molar-refractivity contribution in [2.24, 2.45) is 0 Å². The molecule has 1 aromatic rings. The minimum absolute atomic E-state index is 0.137. The summed E-state index contributed by atoms with van der Waals surface area (Å²) in [6, 6.07) is 7.58. The average molecular weight is 347 g/mol. The van der Waals surface area contributed by atoms with Crippen LogP contribution in [0.1, 0.15) is 47.0 Å². The first-order chi connectivity index (χ1) is 11.7. The number of ether oxygens (including phenoxy) is 1. The molecule has 0 saturated carbocycles. The number of hydrogen-bond acceptors (Lipinski definition) is 4. The van der Waals surface area contributed by atoms with E-state index in [9.17, 15) is 9.59 Å². The molecular formula is C19H29N3O3. The van der Waals surface area contributed by atoms with Crippen molar-refractivity contribution in [1.29, 1.82) is 0 Å². The molecule has 1 saturated heterocycles. The number of carbonyl (C=O) groups excluding carboxylic acids is 2. The maximum atomic E-state index is 12.2. The average Bonchev–Trinajstić information content (AvgIpc) is 2.98. The van der Waals surface area contributed by atoms with Crippen LogP contribution in [0.2, 0.25) is 0 Å². The highest BCUT2D eigenvalue weighted by atomic mass is 16.6. The molecule has 0 spiro atoms. The molecule has 0 aromatic heterocycles. The first-order valence-corrected chi connectivity index (χ1v) is 8.87. The van der Waals surface area contributed by atoms with Gasteiger partial charge in [-0.15, -0.1) is 0 Å². The Hall–Kier alpha value is -2.24. The van der Waals surface area contributed by atoms with Gasteiger partial charge in [-0.25, -0.2) is 4.79 Å². The topological polar surface area (TPSA) is 70.7 Å². The minimum atomic E-state index is -0.553. The van der Waals surface area contributed by atoms with Gasteiger partial charge in [-0.3, -0.25) is 4.79 Å². The second-order valence-electron chi connectivity index (χ2n) is 7.54. The number of alkyl carbamates (subject to hydrolysis) is 1. The summed E-state index contributed by atoms with van der Waals surface area (Å²) in [6.45, 7) is 9.32. The van der Waals surface area contributed by atoms with Crippen molar-refractivity contribution < 1.29 is 14.3 Å². The van der Waals surface area contributed by atoms with Crippen molar-refractivity contribution in [3.8, 4) is 0 Å². The number of nitrogens with zero attached hydrogens (tertiary/aromatic N) is 1. The molecule has 1 aliphatic heterocycles. The lowest BCUT2D eigenvalue weighted by Gasteiger charge is -2.22. The van der Waals surface area contributed by atoms with Gasteiger partial charge < -0.3 is 20.3 Å². The number of amides is 2. The Morgan fingerprint density at radius 2 is 1.92 bits per heavy atom. The molecule has 1 heterocycles. The zero-order valence-electron chi connectivity index (χ0n) is 15.6. The van der Waals surface area contributed by atoms with Crippen LogP contribution in [0.25, 0.3) is 0 Å². The third-order valence-corrected chi connectivity index (χ3v) is 3.86. The third-order valence-electron chi connectivity index (χ3n) is 3.86. The molecule has 1 atom stereocenters. The summed E-state index contributed by atoms with van der Waals surface area (Å²) in [6.07, 6.45) is 2.10. The van der Waals surface area contributed by atoms with Crippen LogP contribution in [0.5, 0.6) is 0 Å². The number of hydrogen-bond donors (Lipinski definition) is 2. The summed E-state index contributed by atoms with van der Waals surface area (Å²) in [5, 5.41) is 5.58. The van der Waals surface area contributed by atoms with Crippen LogP contribution in [0, 0.1) is 0 Å². The number of nitrogens with one attached hydrogen (secondary N) is 2. The summed E-state index contributed by atoms with van der Waals surface area (Å²) >= 11 is 0. The first kappa shape index (κ1) is 19.1. The van der Waals surface area contributed by atoms with Crippen molar-refractivity contribution in [1.82, 2.24) is 5.32 Å². The quantitative estimate of drug-likeness (QED) is 0.855. The van der Waals surface area contributed by atoms with E-state index in [2.05, 4.69) is 21.6 Å².